The van der Waals surface area contributed by atoms with Crippen molar-refractivity contribution in [2.45, 2.75) is 13.0 Å². The fraction of sp³-hybridized carbons (Fsp3) is 0.143. The van der Waals surface area contributed by atoms with Crippen LogP contribution in [0.5, 0.6) is 5.75 Å². The van der Waals surface area contributed by atoms with Gasteiger partial charge in [0.15, 0.2) is 0 Å². The molecule has 0 saturated carbocycles. The van der Waals surface area contributed by atoms with E-state index in [1.54, 1.807) is 13.0 Å². The second kappa shape index (κ2) is 6.17. The molecule has 2 rings (SSSR count). The summed E-state index contributed by atoms with van der Waals surface area (Å²) in [6.07, 6.45) is -0.722. The number of non-ortho nitro benzene ring substituents is 1. The molecule has 0 radical (unpaired) electrons. The Hall–Kier alpha value is -3.03. The van der Waals surface area contributed by atoms with Gasteiger partial charge in [-0.05, 0) is 18.6 Å². The summed E-state index contributed by atoms with van der Waals surface area (Å²) in [6.45, 7) is 1.56. The van der Waals surface area contributed by atoms with Crippen molar-refractivity contribution in [3.8, 4) is 5.75 Å². The van der Waals surface area contributed by atoms with Crippen molar-refractivity contribution in [3.63, 3.8) is 0 Å². The highest BCUT2D eigenvalue weighted by molar-refractivity contribution is 5.47. The normalized spacial score (nSPS) is 11.7. The van der Waals surface area contributed by atoms with E-state index >= 15 is 0 Å². The molecular formula is C14H11FN2O5. The third-order valence-electron chi connectivity index (χ3n) is 2.97. The standard InChI is InChI=1S/C14H11FN2O5/c1-9(10-3-2-4-12(7-10)16(18)19)22-14-8-11(15)5-6-13(14)17(20)21/h2-9H,1H3/t9-/m1/s1. The molecular weight excluding hydrogens is 295 g/mol. The Kier molecular flexibility index (Phi) is 4.31. The van der Waals surface area contributed by atoms with E-state index in [-0.39, 0.29) is 17.1 Å². The Bertz CT molecular complexity index is 735. The van der Waals surface area contributed by atoms with Gasteiger partial charge in [-0.25, -0.2) is 4.39 Å². The Morgan fingerprint density at radius 3 is 2.45 bits per heavy atom. The van der Waals surface area contributed by atoms with Gasteiger partial charge in [-0.1, -0.05) is 12.1 Å². The van der Waals surface area contributed by atoms with Crippen LogP contribution in [0.25, 0.3) is 0 Å². The number of nitrogens with zero attached hydrogens (tertiary/aromatic N) is 2. The number of hydrogen-bond acceptors (Lipinski definition) is 5. The van der Waals surface area contributed by atoms with E-state index in [2.05, 4.69) is 0 Å². The average Bonchev–Trinajstić information content (AvgIpc) is 2.47. The molecule has 0 amide bonds. The van der Waals surface area contributed by atoms with Crippen LogP contribution in [-0.4, -0.2) is 9.85 Å². The topological polar surface area (TPSA) is 95.5 Å². The smallest absolute Gasteiger partial charge is 0.311 e. The van der Waals surface area contributed by atoms with Gasteiger partial charge >= 0.3 is 5.69 Å². The summed E-state index contributed by atoms with van der Waals surface area (Å²) < 4.78 is 18.6. The Balaban J connectivity index is 2.31. The molecule has 0 aliphatic carbocycles. The second-order valence-corrected chi connectivity index (χ2v) is 4.48. The van der Waals surface area contributed by atoms with Crippen LogP contribution in [0.1, 0.15) is 18.6 Å². The van der Waals surface area contributed by atoms with E-state index in [1.165, 1.54) is 18.2 Å². The first kappa shape index (κ1) is 15.4. The Labute approximate surface area is 124 Å². The highest BCUT2D eigenvalue weighted by Gasteiger charge is 2.20. The van der Waals surface area contributed by atoms with Crippen molar-refractivity contribution in [1.82, 2.24) is 0 Å². The monoisotopic (exact) mass is 306 g/mol. The van der Waals surface area contributed by atoms with Gasteiger partial charge in [0.1, 0.15) is 11.9 Å². The molecule has 0 bridgehead atoms. The van der Waals surface area contributed by atoms with Gasteiger partial charge in [0.2, 0.25) is 5.75 Å². The predicted octanol–water partition coefficient (Wildman–Crippen LogP) is 3.78. The number of ether oxygens (including phenoxy) is 1. The lowest BCUT2D eigenvalue weighted by molar-refractivity contribution is -0.386. The van der Waals surface area contributed by atoms with Gasteiger partial charge in [-0.2, -0.15) is 0 Å². The predicted molar refractivity (Wildman–Crippen MR) is 75.2 cm³/mol. The van der Waals surface area contributed by atoms with Crippen molar-refractivity contribution in [2.24, 2.45) is 0 Å². The van der Waals surface area contributed by atoms with Gasteiger partial charge in [0, 0.05) is 24.3 Å². The van der Waals surface area contributed by atoms with Gasteiger partial charge in [-0.3, -0.25) is 20.2 Å². The molecule has 1 atom stereocenters. The summed E-state index contributed by atoms with van der Waals surface area (Å²) in [7, 11) is 0. The molecule has 0 aliphatic rings. The molecule has 2 aromatic rings. The van der Waals surface area contributed by atoms with E-state index in [9.17, 15) is 24.6 Å². The number of nitro benzene ring substituents is 2. The lowest BCUT2D eigenvalue weighted by atomic mass is 10.1. The van der Waals surface area contributed by atoms with Crippen LogP contribution >= 0.6 is 0 Å². The van der Waals surface area contributed by atoms with Crippen LogP contribution in [0, 0.1) is 26.0 Å². The summed E-state index contributed by atoms with van der Waals surface area (Å²) in [5.74, 6) is -0.907. The van der Waals surface area contributed by atoms with Gasteiger partial charge in [0.05, 0.1) is 9.85 Å². The van der Waals surface area contributed by atoms with E-state index in [0.717, 1.165) is 18.2 Å². The minimum Gasteiger partial charge on any atom is -0.479 e. The maximum atomic E-state index is 13.2. The van der Waals surface area contributed by atoms with Crippen LogP contribution in [0.4, 0.5) is 15.8 Å². The molecule has 0 fully saturated rings. The van der Waals surface area contributed by atoms with Crippen LogP contribution in [0.3, 0.4) is 0 Å². The minimum atomic E-state index is -0.722. The third kappa shape index (κ3) is 3.35. The molecule has 0 aliphatic heterocycles. The molecule has 0 saturated heterocycles. The number of halogens is 1. The number of rotatable bonds is 5. The zero-order chi connectivity index (χ0) is 16.3. The summed E-state index contributed by atoms with van der Waals surface area (Å²) in [5.41, 5.74) is -0.0480. The van der Waals surface area contributed by atoms with Crippen molar-refractivity contribution in [1.29, 1.82) is 0 Å². The fourth-order valence-corrected chi connectivity index (χ4v) is 1.88. The first-order chi connectivity index (χ1) is 10.4. The van der Waals surface area contributed by atoms with Crippen molar-refractivity contribution < 1.29 is 19.0 Å². The highest BCUT2D eigenvalue weighted by atomic mass is 19.1. The molecule has 0 unspecified atom stereocenters. The summed E-state index contributed by atoms with van der Waals surface area (Å²) in [4.78, 5) is 20.4. The number of hydrogen-bond donors (Lipinski definition) is 0. The maximum Gasteiger partial charge on any atom is 0.311 e. The zero-order valence-corrected chi connectivity index (χ0v) is 11.4. The Morgan fingerprint density at radius 2 is 1.82 bits per heavy atom. The number of nitro groups is 2. The van der Waals surface area contributed by atoms with Gasteiger partial charge < -0.3 is 4.74 Å². The zero-order valence-electron chi connectivity index (χ0n) is 11.4. The molecule has 0 heterocycles. The molecule has 8 heteroatoms. The van der Waals surface area contributed by atoms with E-state index in [1.807, 2.05) is 0 Å². The van der Waals surface area contributed by atoms with Crippen molar-refractivity contribution in [2.75, 3.05) is 0 Å². The molecule has 2 aromatic carbocycles. The maximum absolute atomic E-state index is 13.2. The van der Waals surface area contributed by atoms with Gasteiger partial charge in [0.25, 0.3) is 5.69 Å². The molecule has 22 heavy (non-hydrogen) atoms. The van der Waals surface area contributed by atoms with Crippen LogP contribution in [0.2, 0.25) is 0 Å². The molecule has 7 nitrogen and oxygen atoms in total. The highest BCUT2D eigenvalue weighted by Crippen LogP contribution is 2.32. The third-order valence-corrected chi connectivity index (χ3v) is 2.97. The summed E-state index contributed by atoms with van der Waals surface area (Å²) >= 11 is 0. The lowest BCUT2D eigenvalue weighted by Crippen LogP contribution is -2.05. The Morgan fingerprint density at radius 1 is 1.09 bits per heavy atom. The quantitative estimate of drug-likeness (QED) is 0.618. The molecule has 0 spiro atoms. The molecule has 0 aromatic heterocycles. The molecule has 0 N–H and O–H groups in total. The van der Waals surface area contributed by atoms with E-state index in [0.29, 0.717) is 5.56 Å². The minimum absolute atomic E-state index is 0.123. The average molecular weight is 306 g/mol. The second-order valence-electron chi connectivity index (χ2n) is 4.48. The van der Waals surface area contributed by atoms with E-state index in [4.69, 9.17) is 4.74 Å². The first-order valence-corrected chi connectivity index (χ1v) is 6.23. The van der Waals surface area contributed by atoms with Crippen LogP contribution < -0.4 is 4.74 Å². The SMILES string of the molecule is C[C@@H](Oc1cc(F)ccc1[N+](=O)[O-])c1cccc([N+](=O)[O-])c1. The van der Waals surface area contributed by atoms with Crippen molar-refractivity contribution in [3.05, 3.63) is 74.1 Å². The van der Waals surface area contributed by atoms with E-state index < -0.39 is 21.8 Å². The van der Waals surface area contributed by atoms with Crippen LogP contribution in [0.15, 0.2) is 42.5 Å². The lowest BCUT2D eigenvalue weighted by Gasteiger charge is -2.15. The number of benzene rings is 2. The largest absolute Gasteiger partial charge is 0.479 e. The first-order valence-electron chi connectivity index (χ1n) is 6.23. The van der Waals surface area contributed by atoms with Crippen LogP contribution in [-0.2, 0) is 0 Å². The summed E-state index contributed by atoms with van der Waals surface area (Å²) in [6, 6.07) is 8.56. The fourth-order valence-electron chi connectivity index (χ4n) is 1.88. The molecule has 114 valence electrons. The van der Waals surface area contributed by atoms with Gasteiger partial charge in [-0.15, -0.1) is 0 Å². The summed E-state index contributed by atoms with van der Waals surface area (Å²) in [5, 5.41) is 21.7. The van der Waals surface area contributed by atoms with Crippen molar-refractivity contribution >= 4 is 11.4 Å².